The molecular formula is C16H17F3S2. The number of alkyl halides is 3. The molecule has 0 atom stereocenters. The van der Waals surface area contributed by atoms with Gasteiger partial charge in [-0.1, -0.05) is 31.9 Å². The normalized spacial score (nSPS) is 23.6. The lowest BCUT2D eigenvalue weighted by molar-refractivity contribution is -0.224. The van der Waals surface area contributed by atoms with Crippen molar-refractivity contribution >= 4 is 23.5 Å². The lowest BCUT2D eigenvalue weighted by Gasteiger charge is -2.39. The van der Waals surface area contributed by atoms with E-state index in [2.05, 4.69) is 5.92 Å². The summed E-state index contributed by atoms with van der Waals surface area (Å²) in [4.78, 5) is 0. The van der Waals surface area contributed by atoms with Crippen molar-refractivity contribution < 1.29 is 13.2 Å². The van der Waals surface area contributed by atoms with Gasteiger partial charge in [-0.05, 0) is 35.1 Å². The fourth-order valence-electron chi connectivity index (χ4n) is 2.08. The zero-order valence-corrected chi connectivity index (χ0v) is 13.5. The lowest BCUT2D eigenvalue weighted by Crippen LogP contribution is -2.42. The molecule has 0 aromatic heterocycles. The first-order chi connectivity index (χ1) is 9.75. The second-order valence-corrected chi connectivity index (χ2v) is 8.26. The highest BCUT2D eigenvalue weighted by Crippen LogP contribution is 2.53. The maximum atomic E-state index is 13.1. The van der Waals surface area contributed by atoms with E-state index in [1.165, 1.54) is 13.8 Å². The molecule has 2 rings (SSSR count). The van der Waals surface area contributed by atoms with Crippen LogP contribution in [0.1, 0.15) is 29.6 Å². The van der Waals surface area contributed by atoms with Crippen LogP contribution in [-0.2, 0) is 0 Å². The Morgan fingerprint density at radius 1 is 1.10 bits per heavy atom. The van der Waals surface area contributed by atoms with Crippen molar-refractivity contribution in [2.75, 3.05) is 11.5 Å². The Labute approximate surface area is 132 Å². The van der Waals surface area contributed by atoms with E-state index in [1.807, 2.05) is 24.3 Å². The van der Waals surface area contributed by atoms with Gasteiger partial charge in [0.2, 0.25) is 0 Å². The molecule has 1 aliphatic rings. The molecule has 0 radical (unpaired) electrons. The minimum Gasteiger partial charge on any atom is -0.171 e. The fraction of sp³-hybridized carbons (Fsp3) is 0.500. The van der Waals surface area contributed by atoms with Crippen molar-refractivity contribution in [2.24, 2.45) is 11.3 Å². The SMILES string of the molecule is C#Cc1ccc([C@H]2SC[C@H](C(C)(C)C(F)(F)F)CS2)cc1. The summed E-state index contributed by atoms with van der Waals surface area (Å²) in [5.41, 5.74) is 0.304. The number of thioether (sulfide) groups is 2. The maximum Gasteiger partial charge on any atom is 0.394 e. The Balaban J connectivity index is 2.02. The monoisotopic (exact) mass is 330 g/mol. The van der Waals surface area contributed by atoms with Crippen LogP contribution in [0.3, 0.4) is 0 Å². The van der Waals surface area contributed by atoms with Crippen LogP contribution in [0, 0.1) is 23.7 Å². The molecule has 1 aromatic rings. The smallest absolute Gasteiger partial charge is 0.171 e. The predicted octanol–water partition coefficient (Wildman–Crippen LogP) is 5.35. The summed E-state index contributed by atoms with van der Waals surface area (Å²) in [6, 6.07) is 7.69. The summed E-state index contributed by atoms with van der Waals surface area (Å²) in [7, 11) is 0. The third-order valence-corrected chi connectivity index (χ3v) is 7.15. The number of hydrogen-bond acceptors (Lipinski definition) is 2. The van der Waals surface area contributed by atoms with Crippen LogP contribution in [0.5, 0.6) is 0 Å². The lowest BCUT2D eigenvalue weighted by atomic mass is 9.80. The van der Waals surface area contributed by atoms with Crippen LogP contribution in [0.25, 0.3) is 0 Å². The predicted molar refractivity (Wildman–Crippen MR) is 85.4 cm³/mol. The molecule has 1 fully saturated rings. The molecular weight excluding hydrogens is 313 g/mol. The molecule has 0 N–H and O–H groups in total. The average molecular weight is 330 g/mol. The maximum absolute atomic E-state index is 13.1. The number of hydrogen-bond donors (Lipinski definition) is 0. The van der Waals surface area contributed by atoms with E-state index in [1.54, 1.807) is 23.5 Å². The quantitative estimate of drug-likeness (QED) is 0.670. The largest absolute Gasteiger partial charge is 0.394 e. The summed E-state index contributed by atoms with van der Waals surface area (Å²) >= 11 is 3.18. The van der Waals surface area contributed by atoms with Gasteiger partial charge in [0, 0.05) is 5.56 Å². The van der Waals surface area contributed by atoms with Crippen molar-refractivity contribution in [2.45, 2.75) is 24.6 Å². The van der Waals surface area contributed by atoms with Crippen LogP contribution in [-0.4, -0.2) is 17.7 Å². The van der Waals surface area contributed by atoms with E-state index >= 15 is 0 Å². The Morgan fingerprint density at radius 2 is 1.62 bits per heavy atom. The molecule has 0 unspecified atom stereocenters. The van der Waals surface area contributed by atoms with E-state index in [0.717, 1.165) is 11.1 Å². The number of benzene rings is 1. The number of terminal acetylenes is 1. The van der Waals surface area contributed by atoms with Gasteiger partial charge < -0.3 is 0 Å². The summed E-state index contributed by atoms with van der Waals surface area (Å²) in [5.74, 6) is 3.27. The van der Waals surface area contributed by atoms with Crippen molar-refractivity contribution in [3.05, 3.63) is 35.4 Å². The molecule has 0 nitrogen and oxygen atoms in total. The van der Waals surface area contributed by atoms with Gasteiger partial charge in [-0.2, -0.15) is 13.2 Å². The van der Waals surface area contributed by atoms with Gasteiger partial charge in [0.25, 0.3) is 0 Å². The van der Waals surface area contributed by atoms with Crippen LogP contribution in [0.15, 0.2) is 24.3 Å². The van der Waals surface area contributed by atoms with Gasteiger partial charge in [0.05, 0.1) is 10.00 Å². The second-order valence-electron chi connectivity index (χ2n) is 5.68. The minimum absolute atomic E-state index is 0.192. The molecule has 1 heterocycles. The van der Waals surface area contributed by atoms with Crippen LogP contribution >= 0.6 is 23.5 Å². The number of rotatable bonds is 2. The first-order valence-electron chi connectivity index (χ1n) is 6.62. The Bertz CT molecular complexity index is 518. The Morgan fingerprint density at radius 3 is 2.05 bits per heavy atom. The van der Waals surface area contributed by atoms with Crippen molar-refractivity contribution in [1.29, 1.82) is 0 Å². The standard InChI is InChI=1S/C16H17F3S2/c1-4-11-5-7-12(8-6-11)14-20-9-13(10-21-14)15(2,3)16(17,18)19/h1,5-8,13-14H,9-10H2,2-3H3/t13-,14-. The zero-order chi connectivity index (χ0) is 15.7. The van der Waals surface area contributed by atoms with Gasteiger partial charge >= 0.3 is 6.18 Å². The number of halogens is 3. The highest BCUT2D eigenvalue weighted by atomic mass is 32.2. The van der Waals surface area contributed by atoms with Crippen molar-refractivity contribution in [1.82, 2.24) is 0 Å². The van der Waals surface area contributed by atoms with Gasteiger partial charge in [-0.15, -0.1) is 29.9 Å². The average Bonchev–Trinajstić information content (AvgIpc) is 2.46. The topological polar surface area (TPSA) is 0 Å². The van der Waals surface area contributed by atoms with E-state index in [9.17, 15) is 13.2 Å². The summed E-state index contributed by atoms with van der Waals surface area (Å²) in [6.45, 7) is 2.61. The zero-order valence-electron chi connectivity index (χ0n) is 11.9. The van der Waals surface area contributed by atoms with Gasteiger partial charge in [0.1, 0.15) is 0 Å². The third kappa shape index (κ3) is 3.54. The molecule has 21 heavy (non-hydrogen) atoms. The molecule has 114 valence electrons. The Hall–Kier alpha value is -0.730. The van der Waals surface area contributed by atoms with Crippen LogP contribution in [0.4, 0.5) is 13.2 Å². The fourth-order valence-corrected chi connectivity index (χ4v) is 5.67. The van der Waals surface area contributed by atoms with Gasteiger partial charge in [-0.25, -0.2) is 0 Å². The molecule has 0 saturated carbocycles. The molecule has 0 bridgehead atoms. The van der Waals surface area contributed by atoms with Gasteiger partial charge in [-0.3, -0.25) is 0 Å². The van der Waals surface area contributed by atoms with E-state index in [-0.39, 0.29) is 10.5 Å². The molecule has 0 amide bonds. The molecule has 1 saturated heterocycles. The van der Waals surface area contributed by atoms with Crippen LogP contribution in [0.2, 0.25) is 0 Å². The molecule has 0 aliphatic carbocycles. The highest BCUT2D eigenvalue weighted by molar-refractivity contribution is 8.16. The van der Waals surface area contributed by atoms with E-state index in [4.69, 9.17) is 6.42 Å². The molecule has 0 spiro atoms. The van der Waals surface area contributed by atoms with Crippen molar-refractivity contribution in [3.8, 4) is 12.3 Å². The first-order valence-corrected chi connectivity index (χ1v) is 8.72. The second kappa shape index (κ2) is 6.18. The Kier molecular flexibility index (Phi) is 4.89. The summed E-state index contributed by atoms with van der Waals surface area (Å²) < 4.78 is 39.4. The third-order valence-electron chi connectivity index (χ3n) is 4.00. The minimum atomic E-state index is -4.15. The highest BCUT2D eigenvalue weighted by Gasteiger charge is 2.52. The van der Waals surface area contributed by atoms with Gasteiger partial charge in [0.15, 0.2) is 0 Å². The van der Waals surface area contributed by atoms with E-state index in [0.29, 0.717) is 11.5 Å². The van der Waals surface area contributed by atoms with Crippen molar-refractivity contribution in [3.63, 3.8) is 0 Å². The summed E-state index contributed by atoms with van der Waals surface area (Å²) in [6.07, 6.45) is 1.17. The first kappa shape index (κ1) is 16.6. The molecule has 1 aliphatic heterocycles. The van der Waals surface area contributed by atoms with E-state index < -0.39 is 11.6 Å². The van der Waals surface area contributed by atoms with Crippen LogP contribution < -0.4 is 0 Å². The molecule has 5 heteroatoms. The molecule has 1 aromatic carbocycles. The summed E-state index contributed by atoms with van der Waals surface area (Å²) in [5, 5.41) is 0.